The standard InChI is InChI=1S/C22H24N4O3S/c1-2-28-18-8-5-17(6-9-18)7-10-21(27)26-13-11-25(12-14-26)16-20-23-22(24-29-20)19-4-3-15-30-19/h3-10,15H,2,11-14,16H2,1H3/b10-7+. The van der Waals surface area contributed by atoms with Crippen molar-refractivity contribution in [3.63, 3.8) is 0 Å². The second-order valence-electron chi connectivity index (χ2n) is 6.93. The molecule has 0 saturated carbocycles. The molecular formula is C22H24N4O3S. The van der Waals surface area contributed by atoms with Crippen LogP contribution in [0.15, 0.2) is 52.4 Å². The minimum atomic E-state index is 0.0290. The van der Waals surface area contributed by atoms with Gasteiger partial charge in [0.05, 0.1) is 18.0 Å². The van der Waals surface area contributed by atoms with E-state index in [0.29, 0.717) is 38.0 Å². The van der Waals surface area contributed by atoms with Gasteiger partial charge in [0.25, 0.3) is 0 Å². The molecule has 0 unspecified atom stereocenters. The van der Waals surface area contributed by atoms with Gasteiger partial charge in [-0.2, -0.15) is 4.98 Å². The van der Waals surface area contributed by atoms with E-state index in [9.17, 15) is 4.79 Å². The van der Waals surface area contributed by atoms with Crippen molar-refractivity contribution in [3.8, 4) is 16.5 Å². The largest absolute Gasteiger partial charge is 0.494 e. The average molecular weight is 425 g/mol. The summed E-state index contributed by atoms with van der Waals surface area (Å²) in [5, 5.41) is 6.04. The third kappa shape index (κ3) is 5.14. The maximum Gasteiger partial charge on any atom is 0.246 e. The Bertz CT molecular complexity index is 974. The lowest BCUT2D eigenvalue weighted by Gasteiger charge is -2.33. The fourth-order valence-electron chi connectivity index (χ4n) is 3.26. The number of amides is 1. The number of rotatable bonds is 7. The molecule has 4 rings (SSSR count). The van der Waals surface area contributed by atoms with Gasteiger partial charge in [-0.15, -0.1) is 11.3 Å². The third-order valence-electron chi connectivity index (χ3n) is 4.86. The molecule has 0 atom stereocenters. The number of carbonyl (C=O) groups is 1. The smallest absolute Gasteiger partial charge is 0.246 e. The van der Waals surface area contributed by atoms with Gasteiger partial charge in [-0.3, -0.25) is 9.69 Å². The molecule has 7 nitrogen and oxygen atoms in total. The number of carbonyl (C=O) groups excluding carboxylic acids is 1. The van der Waals surface area contributed by atoms with Crippen LogP contribution in [0.3, 0.4) is 0 Å². The molecule has 8 heteroatoms. The molecule has 1 aromatic carbocycles. The number of hydrogen-bond acceptors (Lipinski definition) is 7. The first-order valence-electron chi connectivity index (χ1n) is 10.00. The summed E-state index contributed by atoms with van der Waals surface area (Å²) in [5.74, 6) is 2.10. The molecule has 0 radical (unpaired) electrons. The van der Waals surface area contributed by atoms with Crippen LogP contribution < -0.4 is 4.74 Å². The van der Waals surface area contributed by atoms with Crippen molar-refractivity contribution in [1.29, 1.82) is 0 Å². The zero-order chi connectivity index (χ0) is 20.8. The molecule has 3 aromatic rings. The van der Waals surface area contributed by atoms with Crippen molar-refractivity contribution in [2.75, 3.05) is 32.8 Å². The SMILES string of the molecule is CCOc1ccc(/C=C/C(=O)N2CCN(Cc3nc(-c4cccs4)no3)CC2)cc1. The van der Waals surface area contributed by atoms with E-state index in [1.54, 1.807) is 17.4 Å². The molecule has 0 bridgehead atoms. The van der Waals surface area contributed by atoms with Gasteiger partial charge in [0.1, 0.15) is 5.75 Å². The van der Waals surface area contributed by atoms with Gasteiger partial charge >= 0.3 is 0 Å². The van der Waals surface area contributed by atoms with E-state index in [1.807, 2.05) is 59.7 Å². The Labute approximate surface area is 179 Å². The summed E-state index contributed by atoms with van der Waals surface area (Å²) >= 11 is 1.59. The fourth-order valence-corrected chi connectivity index (χ4v) is 3.91. The van der Waals surface area contributed by atoms with E-state index in [0.717, 1.165) is 29.3 Å². The molecule has 1 aliphatic heterocycles. The van der Waals surface area contributed by atoms with Gasteiger partial charge in [-0.25, -0.2) is 0 Å². The first kappa shape index (κ1) is 20.3. The molecular weight excluding hydrogens is 400 g/mol. The number of aromatic nitrogens is 2. The minimum Gasteiger partial charge on any atom is -0.494 e. The molecule has 1 amide bonds. The Morgan fingerprint density at radius 3 is 2.70 bits per heavy atom. The monoisotopic (exact) mass is 424 g/mol. The number of thiophene rings is 1. The van der Waals surface area contributed by atoms with Crippen LogP contribution in [-0.4, -0.2) is 58.6 Å². The Kier molecular flexibility index (Phi) is 6.56. The Balaban J connectivity index is 1.25. The highest BCUT2D eigenvalue weighted by Crippen LogP contribution is 2.21. The van der Waals surface area contributed by atoms with Crippen LogP contribution in [0.25, 0.3) is 16.8 Å². The number of piperazine rings is 1. The zero-order valence-corrected chi connectivity index (χ0v) is 17.7. The van der Waals surface area contributed by atoms with Gasteiger partial charge in [0.15, 0.2) is 0 Å². The first-order valence-corrected chi connectivity index (χ1v) is 10.9. The highest BCUT2D eigenvalue weighted by Gasteiger charge is 2.21. The lowest BCUT2D eigenvalue weighted by molar-refractivity contribution is -0.127. The molecule has 3 heterocycles. The molecule has 0 N–H and O–H groups in total. The van der Waals surface area contributed by atoms with E-state index in [-0.39, 0.29) is 5.91 Å². The number of hydrogen-bond donors (Lipinski definition) is 0. The summed E-state index contributed by atoms with van der Waals surface area (Å²) < 4.78 is 10.8. The molecule has 0 spiro atoms. The van der Waals surface area contributed by atoms with Crippen LogP contribution in [-0.2, 0) is 11.3 Å². The third-order valence-corrected chi connectivity index (χ3v) is 5.73. The predicted octanol–water partition coefficient (Wildman–Crippen LogP) is 3.55. The van der Waals surface area contributed by atoms with E-state index in [4.69, 9.17) is 9.26 Å². The average Bonchev–Trinajstić information content (AvgIpc) is 3.46. The molecule has 156 valence electrons. The van der Waals surface area contributed by atoms with E-state index in [1.165, 1.54) is 0 Å². The van der Waals surface area contributed by atoms with Crippen LogP contribution >= 0.6 is 11.3 Å². The Hall–Kier alpha value is -2.97. The number of ether oxygens (including phenoxy) is 1. The zero-order valence-electron chi connectivity index (χ0n) is 16.9. The summed E-state index contributed by atoms with van der Waals surface area (Å²) in [6, 6.07) is 11.7. The van der Waals surface area contributed by atoms with Crippen molar-refractivity contribution in [2.24, 2.45) is 0 Å². The topological polar surface area (TPSA) is 71.7 Å². The Morgan fingerprint density at radius 1 is 1.20 bits per heavy atom. The Morgan fingerprint density at radius 2 is 2.00 bits per heavy atom. The highest BCUT2D eigenvalue weighted by molar-refractivity contribution is 7.13. The van der Waals surface area contributed by atoms with Gasteiger partial charge < -0.3 is 14.2 Å². The lowest BCUT2D eigenvalue weighted by atomic mass is 10.2. The summed E-state index contributed by atoms with van der Waals surface area (Å²) in [5.41, 5.74) is 0.975. The van der Waals surface area contributed by atoms with Crippen molar-refractivity contribution >= 4 is 23.3 Å². The van der Waals surface area contributed by atoms with Crippen LogP contribution in [0.4, 0.5) is 0 Å². The van der Waals surface area contributed by atoms with Gasteiger partial charge in [0, 0.05) is 32.3 Å². The summed E-state index contributed by atoms with van der Waals surface area (Å²) in [6.07, 6.45) is 3.48. The maximum absolute atomic E-state index is 12.5. The van der Waals surface area contributed by atoms with Crippen LogP contribution in [0, 0.1) is 0 Å². The van der Waals surface area contributed by atoms with Gasteiger partial charge in [-0.1, -0.05) is 23.4 Å². The van der Waals surface area contributed by atoms with Gasteiger partial charge in [0.2, 0.25) is 17.6 Å². The van der Waals surface area contributed by atoms with Crippen molar-refractivity contribution < 1.29 is 14.1 Å². The molecule has 2 aromatic heterocycles. The first-order chi connectivity index (χ1) is 14.7. The summed E-state index contributed by atoms with van der Waals surface area (Å²) in [7, 11) is 0. The van der Waals surface area contributed by atoms with Crippen molar-refractivity contribution in [3.05, 3.63) is 59.3 Å². The lowest BCUT2D eigenvalue weighted by Crippen LogP contribution is -2.47. The highest BCUT2D eigenvalue weighted by atomic mass is 32.1. The van der Waals surface area contributed by atoms with E-state index < -0.39 is 0 Å². The maximum atomic E-state index is 12.5. The molecule has 1 saturated heterocycles. The quantitative estimate of drug-likeness (QED) is 0.540. The second-order valence-corrected chi connectivity index (χ2v) is 7.87. The predicted molar refractivity (Wildman–Crippen MR) is 116 cm³/mol. The molecule has 1 aliphatic rings. The minimum absolute atomic E-state index is 0.0290. The fraction of sp³-hybridized carbons (Fsp3) is 0.318. The normalized spacial score (nSPS) is 15.0. The second kappa shape index (κ2) is 9.69. The van der Waals surface area contributed by atoms with Crippen LogP contribution in [0.5, 0.6) is 5.75 Å². The number of nitrogens with zero attached hydrogens (tertiary/aromatic N) is 4. The van der Waals surface area contributed by atoms with Gasteiger partial charge in [-0.05, 0) is 42.1 Å². The van der Waals surface area contributed by atoms with Crippen molar-refractivity contribution in [1.82, 2.24) is 19.9 Å². The van der Waals surface area contributed by atoms with Crippen molar-refractivity contribution in [2.45, 2.75) is 13.5 Å². The van der Waals surface area contributed by atoms with Crippen LogP contribution in [0.1, 0.15) is 18.4 Å². The molecule has 1 fully saturated rings. The van der Waals surface area contributed by atoms with Crippen LogP contribution in [0.2, 0.25) is 0 Å². The summed E-state index contributed by atoms with van der Waals surface area (Å²) in [6.45, 7) is 6.11. The summed E-state index contributed by atoms with van der Waals surface area (Å²) in [4.78, 5) is 22.1. The van der Waals surface area contributed by atoms with E-state index >= 15 is 0 Å². The number of benzene rings is 1. The molecule has 30 heavy (non-hydrogen) atoms. The van der Waals surface area contributed by atoms with E-state index in [2.05, 4.69) is 15.0 Å². The molecule has 0 aliphatic carbocycles.